The van der Waals surface area contributed by atoms with Crippen molar-refractivity contribution < 1.29 is 4.79 Å². The maximum absolute atomic E-state index is 11.4. The SMILES string of the molecule is Cc1c(C#N)cccc1-c1cc(-c2cn(Cc3cccc(N4CC5(CC(=O)C5)C4)n3)nn2)c2[nH]cnc2n1. The normalized spacial score (nSPS) is 15.9. The van der Waals surface area contributed by atoms with E-state index >= 15 is 0 Å². The minimum Gasteiger partial charge on any atom is -0.355 e. The highest BCUT2D eigenvalue weighted by molar-refractivity contribution is 5.91. The van der Waals surface area contributed by atoms with E-state index in [2.05, 4.69) is 31.2 Å². The molecule has 186 valence electrons. The number of nitrogens with zero attached hydrogens (tertiary/aromatic N) is 8. The molecular weight excluding hydrogens is 478 g/mol. The van der Waals surface area contributed by atoms with E-state index in [-0.39, 0.29) is 5.41 Å². The number of ketones is 1. The molecule has 10 nitrogen and oxygen atoms in total. The fourth-order valence-corrected chi connectivity index (χ4v) is 5.63. The number of hydrogen-bond donors (Lipinski definition) is 1. The van der Waals surface area contributed by atoms with Crippen LogP contribution in [0.15, 0.2) is 55.0 Å². The highest BCUT2D eigenvalue weighted by atomic mass is 16.1. The lowest BCUT2D eigenvalue weighted by Gasteiger charge is -2.55. The van der Waals surface area contributed by atoms with Crippen LogP contribution < -0.4 is 4.90 Å². The number of fused-ring (bicyclic) bond motifs is 1. The number of pyridine rings is 2. The number of anilines is 1. The number of aromatic amines is 1. The number of imidazole rings is 1. The minimum absolute atomic E-state index is 0.186. The Bertz CT molecular complexity index is 1760. The van der Waals surface area contributed by atoms with Gasteiger partial charge in [-0.05, 0) is 36.8 Å². The topological polar surface area (TPSA) is 129 Å². The van der Waals surface area contributed by atoms with E-state index < -0.39 is 0 Å². The van der Waals surface area contributed by atoms with Gasteiger partial charge in [-0.1, -0.05) is 23.4 Å². The number of nitriles is 1. The van der Waals surface area contributed by atoms with Crippen LogP contribution in [0.4, 0.5) is 5.82 Å². The average molecular weight is 502 g/mol. The molecule has 0 radical (unpaired) electrons. The first-order valence-electron chi connectivity index (χ1n) is 12.5. The van der Waals surface area contributed by atoms with Crippen LogP contribution in [0, 0.1) is 23.7 Å². The second kappa shape index (κ2) is 8.31. The third-order valence-electron chi connectivity index (χ3n) is 7.58. The highest BCUT2D eigenvalue weighted by Gasteiger charge is 2.52. The molecule has 38 heavy (non-hydrogen) atoms. The Hall–Kier alpha value is -4.91. The molecule has 10 heteroatoms. The number of hydrogen-bond acceptors (Lipinski definition) is 8. The fraction of sp³-hybridized carbons (Fsp3) is 0.250. The number of H-pyrrole nitrogens is 1. The van der Waals surface area contributed by atoms with Crippen LogP contribution in [0.3, 0.4) is 0 Å². The lowest BCUT2D eigenvalue weighted by molar-refractivity contribution is -0.134. The second-order valence-electron chi connectivity index (χ2n) is 10.3. The molecule has 1 aliphatic carbocycles. The molecule has 2 aliphatic rings. The smallest absolute Gasteiger partial charge is 0.178 e. The third kappa shape index (κ3) is 3.63. The number of nitrogens with one attached hydrogen (secondary N) is 1. The number of carbonyl (C=O) groups excluding carboxylic acids is 1. The molecule has 1 saturated heterocycles. The van der Waals surface area contributed by atoms with Gasteiger partial charge < -0.3 is 9.88 Å². The lowest BCUT2D eigenvalue weighted by atomic mass is 9.63. The summed E-state index contributed by atoms with van der Waals surface area (Å²) in [6, 6.07) is 15.8. The van der Waals surface area contributed by atoms with Crippen LogP contribution >= 0.6 is 0 Å². The van der Waals surface area contributed by atoms with Crippen molar-refractivity contribution in [3.05, 3.63) is 71.8 Å². The molecule has 1 spiro atoms. The summed E-state index contributed by atoms with van der Waals surface area (Å²) in [5, 5.41) is 18.3. The summed E-state index contributed by atoms with van der Waals surface area (Å²) in [5.74, 6) is 1.30. The molecule has 5 heterocycles. The predicted octanol–water partition coefficient (Wildman–Crippen LogP) is 3.68. The van der Waals surface area contributed by atoms with Crippen molar-refractivity contribution in [3.8, 4) is 28.6 Å². The molecule has 0 amide bonds. The number of benzene rings is 1. The molecule has 2 fully saturated rings. The van der Waals surface area contributed by atoms with Crippen molar-refractivity contribution in [1.82, 2.24) is 34.9 Å². The van der Waals surface area contributed by atoms with Gasteiger partial charge in [0, 0.05) is 42.5 Å². The van der Waals surface area contributed by atoms with Crippen LogP contribution in [0.25, 0.3) is 33.7 Å². The van der Waals surface area contributed by atoms with Gasteiger partial charge in [-0.25, -0.2) is 19.6 Å². The van der Waals surface area contributed by atoms with Crippen molar-refractivity contribution >= 4 is 22.8 Å². The Morgan fingerprint density at radius 3 is 2.74 bits per heavy atom. The Kier molecular flexibility index (Phi) is 4.88. The fourth-order valence-electron chi connectivity index (χ4n) is 5.63. The van der Waals surface area contributed by atoms with E-state index in [9.17, 15) is 10.1 Å². The largest absolute Gasteiger partial charge is 0.355 e. The van der Waals surface area contributed by atoms with Gasteiger partial charge in [-0.3, -0.25) is 4.79 Å². The van der Waals surface area contributed by atoms with Gasteiger partial charge >= 0.3 is 0 Å². The first-order chi connectivity index (χ1) is 18.5. The maximum atomic E-state index is 11.4. The molecular formula is C28H23N9O. The van der Waals surface area contributed by atoms with Gasteiger partial charge in [0.2, 0.25) is 0 Å². The van der Waals surface area contributed by atoms with Crippen LogP contribution in [-0.4, -0.2) is 53.8 Å². The van der Waals surface area contributed by atoms with Crippen molar-refractivity contribution in [2.45, 2.75) is 26.3 Å². The van der Waals surface area contributed by atoms with Gasteiger partial charge in [0.25, 0.3) is 0 Å². The Morgan fingerprint density at radius 2 is 1.92 bits per heavy atom. The van der Waals surface area contributed by atoms with Crippen molar-refractivity contribution in [3.63, 3.8) is 0 Å². The second-order valence-corrected chi connectivity index (χ2v) is 10.3. The first kappa shape index (κ1) is 22.3. The number of aromatic nitrogens is 7. The summed E-state index contributed by atoms with van der Waals surface area (Å²) < 4.78 is 1.77. The van der Waals surface area contributed by atoms with E-state index in [1.165, 1.54) is 0 Å². The molecule has 7 rings (SSSR count). The van der Waals surface area contributed by atoms with Gasteiger partial charge in [-0.15, -0.1) is 5.10 Å². The number of carbonyl (C=O) groups is 1. The number of Topliss-reactive ketones (excluding diaryl/α,β-unsaturated/α-hetero) is 1. The summed E-state index contributed by atoms with van der Waals surface area (Å²) in [4.78, 5) is 30.8. The first-order valence-corrected chi connectivity index (χ1v) is 12.5. The summed E-state index contributed by atoms with van der Waals surface area (Å²) in [7, 11) is 0. The minimum atomic E-state index is 0.186. The van der Waals surface area contributed by atoms with Gasteiger partial charge in [0.05, 0.1) is 47.6 Å². The standard InChI is InChI=1S/C28H23N9O/c1-17-18(11-29)4-2-6-21(17)23-8-22(26-27(33-23)31-16-30-26)24-13-37(35-34-24)12-19-5-3-7-25(32-19)36-14-28(15-36)9-20(38)10-28/h2-8,13,16H,9-10,12,14-15H2,1H3,(H,30,31,33). The summed E-state index contributed by atoms with van der Waals surface area (Å²) in [6.45, 7) is 4.19. The summed E-state index contributed by atoms with van der Waals surface area (Å²) >= 11 is 0. The van der Waals surface area contributed by atoms with Crippen molar-refractivity contribution in [2.75, 3.05) is 18.0 Å². The van der Waals surface area contributed by atoms with Gasteiger partial charge in [0.1, 0.15) is 17.3 Å². The number of rotatable bonds is 5. The van der Waals surface area contributed by atoms with E-state index in [0.717, 1.165) is 52.5 Å². The highest BCUT2D eigenvalue weighted by Crippen LogP contribution is 2.47. The van der Waals surface area contributed by atoms with Gasteiger partial charge in [-0.2, -0.15) is 5.26 Å². The molecule has 1 N–H and O–H groups in total. The Morgan fingerprint density at radius 1 is 1.08 bits per heavy atom. The van der Waals surface area contributed by atoms with Crippen molar-refractivity contribution in [1.29, 1.82) is 5.26 Å². The van der Waals surface area contributed by atoms with Crippen LogP contribution in [0.2, 0.25) is 0 Å². The van der Waals surface area contributed by atoms with E-state index in [1.54, 1.807) is 17.1 Å². The van der Waals surface area contributed by atoms with Crippen LogP contribution in [0.1, 0.15) is 29.7 Å². The predicted molar refractivity (Wildman–Crippen MR) is 140 cm³/mol. The summed E-state index contributed by atoms with van der Waals surface area (Å²) in [5.41, 5.74) is 7.02. The third-order valence-corrected chi connectivity index (χ3v) is 7.58. The monoisotopic (exact) mass is 501 g/mol. The molecule has 0 unspecified atom stereocenters. The zero-order valence-corrected chi connectivity index (χ0v) is 20.7. The summed E-state index contributed by atoms with van der Waals surface area (Å²) in [6.07, 6.45) is 4.91. The van der Waals surface area contributed by atoms with Gasteiger partial charge in [0.15, 0.2) is 5.65 Å². The maximum Gasteiger partial charge on any atom is 0.178 e. The van der Waals surface area contributed by atoms with E-state index in [0.29, 0.717) is 42.1 Å². The average Bonchev–Trinajstić information content (AvgIpc) is 3.55. The van der Waals surface area contributed by atoms with Crippen LogP contribution in [-0.2, 0) is 11.3 Å². The van der Waals surface area contributed by atoms with Crippen molar-refractivity contribution in [2.24, 2.45) is 5.41 Å². The zero-order valence-electron chi connectivity index (χ0n) is 20.7. The molecule has 0 atom stereocenters. The Balaban J connectivity index is 1.17. The lowest BCUT2D eigenvalue weighted by Crippen LogP contribution is -2.63. The molecule has 4 aromatic heterocycles. The molecule has 1 saturated carbocycles. The quantitative estimate of drug-likeness (QED) is 0.386. The van der Waals surface area contributed by atoms with Crippen LogP contribution in [0.5, 0.6) is 0 Å². The molecule has 0 bridgehead atoms. The molecule has 5 aromatic rings. The Labute approximate surface area is 218 Å². The van der Waals surface area contributed by atoms with E-state index in [4.69, 9.17) is 9.97 Å². The van der Waals surface area contributed by atoms with E-state index in [1.807, 2.05) is 49.5 Å². The zero-order chi connectivity index (χ0) is 25.9. The molecule has 1 aliphatic heterocycles. The molecule has 1 aromatic carbocycles.